The summed E-state index contributed by atoms with van der Waals surface area (Å²) in [6.07, 6.45) is 8.14. The highest BCUT2D eigenvalue weighted by Crippen LogP contribution is 2.40. The Morgan fingerprint density at radius 2 is 2.15 bits per heavy atom. The number of hydrogen-bond acceptors (Lipinski definition) is 6. The number of carboxylic acid groups (broad SMARTS) is 1. The van der Waals surface area contributed by atoms with Gasteiger partial charge in [0.1, 0.15) is 12.3 Å². The van der Waals surface area contributed by atoms with Crippen LogP contribution in [-0.4, -0.2) is 44.1 Å². The lowest BCUT2D eigenvalue weighted by Crippen LogP contribution is -2.46. The number of carbonyl (C=O) groups is 2. The molecule has 8 nitrogen and oxygen atoms in total. The molecule has 3 heterocycles. The summed E-state index contributed by atoms with van der Waals surface area (Å²) < 4.78 is 10.2. The molecule has 2 aliphatic rings. The first-order chi connectivity index (χ1) is 12.6. The molecule has 2 aromatic rings. The highest BCUT2D eigenvalue weighted by atomic mass is 16.5. The third-order valence-corrected chi connectivity index (χ3v) is 5.46. The molecule has 1 saturated carbocycles. The Bertz CT molecular complexity index is 785. The van der Waals surface area contributed by atoms with Gasteiger partial charge in [0.15, 0.2) is 0 Å². The Morgan fingerprint density at radius 1 is 1.31 bits per heavy atom. The highest BCUT2D eigenvalue weighted by Gasteiger charge is 2.47. The van der Waals surface area contributed by atoms with Gasteiger partial charge in [-0.05, 0) is 31.2 Å². The maximum Gasteiger partial charge on any atom is 0.326 e. The minimum absolute atomic E-state index is 0.0570. The van der Waals surface area contributed by atoms with Crippen LogP contribution in [0.4, 0.5) is 0 Å². The maximum absolute atomic E-state index is 12.8. The van der Waals surface area contributed by atoms with Gasteiger partial charge in [0, 0.05) is 18.9 Å². The first-order valence-corrected chi connectivity index (χ1v) is 9.02. The number of aryl methyl sites for hydroxylation is 1. The molecule has 1 saturated heterocycles. The standard InChI is InChI=1S/C18H21N3O5/c22-16(6-5-15-19-17(20-26-15)12-7-8-25-10-12)21-13-4-2-1-3-11(13)9-14(21)18(23)24/h7-8,10-11,13-14H,1-6,9H2,(H,23,24)/t11-,13+,14+/m1/s1. The summed E-state index contributed by atoms with van der Waals surface area (Å²) in [6.45, 7) is 0. The van der Waals surface area contributed by atoms with E-state index in [0.717, 1.165) is 25.7 Å². The van der Waals surface area contributed by atoms with Crippen molar-refractivity contribution in [2.24, 2.45) is 5.92 Å². The van der Waals surface area contributed by atoms with E-state index in [1.165, 1.54) is 12.5 Å². The molecular formula is C18H21N3O5. The normalized spacial score (nSPS) is 25.2. The number of aromatic nitrogens is 2. The second-order valence-corrected chi connectivity index (χ2v) is 7.03. The van der Waals surface area contributed by atoms with Crippen molar-refractivity contribution in [3.05, 3.63) is 24.5 Å². The van der Waals surface area contributed by atoms with E-state index in [-0.39, 0.29) is 18.4 Å². The number of fused-ring (bicyclic) bond motifs is 1. The van der Waals surface area contributed by atoms with Gasteiger partial charge in [0.25, 0.3) is 0 Å². The van der Waals surface area contributed by atoms with Crippen LogP contribution in [0.3, 0.4) is 0 Å². The second kappa shape index (κ2) is 6.93. The Labute approximate surface area is 150 Å². The number of amides is 1. The van der Waals surface area contributed by atoms with E-state index >= 15 is 0 Å². The van der Waals surface area contributed by atoms with Crippen LogP contribution in [0.15, 0.2) is 27.5 Å². The summed E-state index contributed by atoms with van der Waals surface area (Å²) in [7, 11) is 0. The topological polar surface area (TPSA) is 110 Å². The van der Waals surface area contributed by atoms with Gasteiger partial charge in [-0.3, -0.25) is 4.79 Å². The smallest absolute Gasteiger partial charge is 0.326 e. The van der Waals surface area contributed by atoms with Crippen LogP contribution in [0.25, 0.3) is 11.4 Å². The van der Waals surface area contributed by atoms with Gasteiger partial charge in [-0.2, -0.15) is 4.98 Å². The van der Waals surface area contributed by atoms with Gasteiger partial charge in [-0.1, -0.05) is 18.0 Å². The van der Waals surface area contributed by atoms with Crippen molar-refractivity contribution in [1.82, 2.24) is 15.0 Å². The van der Waals surface area contributed by atoms with E-state index in [1.54, 1.807) is 11.0 Å². The second-order valence-electron chi connectivity index (χ2n) is 7.03. The van der Waals surface area contributed by atoms with Crippen molar-refractivity contribution in [1.29, 1.82) is 0 Å². The van der Waals surface area contributed by atoms with Gasteiger partial charge < -0.3 is 18.9 Å². The van der Waals surface area contributed by atoms with Crippen molar-refractivity contribution >= 4 is 11.9 Å². The molecule has 3 atom stereocenters. The summed E-state index contributed by atoms with van der Waals surface area (Å²) in [5.74, 6) is 0.0338. The Kier molecular flexibility index (Phi) is 4.48. The molecule has 2 fully saturated rings. The monoisotopic (exact) mass is 359 g/mol. The first kappa shape index (κ1) is 16.8. The Balaban J connectivity index is 1.42. The van der Waals surface area contributed by atoms with Crippen molar-refractivity contribution in [3.63, 3.8) is 0 Å². The zero-order valence-electron chi connectivity index (χ0n) is 14.3. The molecule has 0 radical (unpaired) electrons. The van der Waals surface area contributed by atoms with Gasteiger partial charge in [0.2, 0.25) is 17.6 Å². The fraction of sp³-hybridized carbons (Fsp3) is 0.556. The predicted octanol–water partition coefficient (Wildman–Crippen LogP) is 2.51. The van der Waals surface area contributed by atoms with E-state index in [2.05, 4.69) is 10.1 Å². The molecule has 0 aromatic carbocycles. The van der Waals surface area contributed by atoms with Gasteiger partial charge in [0.05, 0.1) is 11.8 Å². The minimum atomic E-state index is -0.909. The summed E-state index contributed by atoms with van der Waals surface area (Å²) >= 11 is 0. The van der Waals surface area contributed by atoms with Crippen LogP contribution >= 0.6 is 0 Å². The fourth-order valence-electron chi connectivity index (χ4n) is 4.25. The number of carboxylic acids is 1. The molecule has 1 N–H and O–H groups in total. The van der Waals surface area contributed by atoms with Gasteiger partial charge in [-0.25, -0.2) is 4.79 Å². The van der Waals surface area contributed by atoms with Crippen molar-refractivity contribution in [3.8, 4) is 11.4 Å². The van der Waals surface area contributed by atoms with E-state index in [1.807, 2.05) is 0 Å². The zero-order chi connectivity index (χ0) is 18.1. The largest absolute Gasteiger partial charge is 0.480 e. The summed E-state index contributed by atoms with van der Waals surface area (Å²) in [6, 6.07) is 1.08. The average Bonchev–Trinajstić information content (AvgIpc) is 3.37. The lowest BCUT2D eigenvalue weighted by Gasteiger charge is -2.33. The zero-order valence-corrected chi connectivity index (χ0v) is 14.3. The maximum atomic E-state index is 12.8. The molecule has 26 heavy (non-hydrogen) atoms. The molecular weight excluding hydrogens is 338 g/mol. The van der Waals surface area contributed by atoms with Crippen molar-refractivity contribution in [2.75, 3.05) is 0 Å². The SMILES string of the molecule is O=C(O)[C@@H]1C[C@H]2CCCC[C@@H]2N1C(=O)CCc1nc(-c2ccoc2)no1. The van der Waals surface area contributed by atoms with E-state index in [4.69, 9.17) is 8.94 Å². The number of likely N-dealkylation sites (tertiary alicyclic amines) is 1. The molecule has 0 unspecified atom stereocenters. The van der Waals surface area contributed by atoms with Gasteiger partial charge >= 0.3 is 5.97 Å². The fourth-order valence-corrected chi connectivity index (χ4v) is 4.25. The summed E-state index contributed by atoms with van der Waals surface area (Å²) in [5, 5.41) is 13.4. The summed E-state index contributed by atoms with van der Waals surface area (Å²) in [4.78, 5) is 30.3. The Hall–Kier alpha value is -2.64. The molecule has 0 spiro atoms. The molecule has 0 bridgehead atoms. The molecule has 1 amide bonds. The van der Waals surface area contributed by atoms with E-state index < -0.39 is 12.0 Å². The van der Waals surface area contributed by atoms with E-state index in [0.29, 0.717) is 36.0 Å². The number of hydrogen-bond donors (Lipinski definition) is 1. The first-order valence-electron chi connectivity index (χ1n) is 9.02. The number of furan rings is 1. The number of carbonyl (C=O) groups excluding carboxylic acids is 1. The third-order valence-electron chi connectivity index (χ3n) is 5.46. The number of rotatable bonds is 5. The highest BCUT2D eigenvalue weighted by molar-refractivity contribution is 5.84. The Morgan fingerprint density at radius 3 is 2.92 bits per heavy atom. The van der Waals surface area contributed by atoms with Crippen LogP contribution in [-0.2, 0) is 16.0 Å². The van der Waals surface area contributed by atoms with Crippen LogP contribution < -0.4 is 0 Å². The molecule has 8 heteroatoms. The lowest BCUT2D eigenvalue weighted by atomic mass is 9.84. The number of nitrogens with zero attached hydrogens (tertiary/aromatic N) is 3. The van der Waals surface area contributed by atoms with Crippen molar-refractivity contribution < 1.29 is 23.6 Å². The lowest BCUT2D eigenvalue weighted by molar-refractivity contribution is -0.149. The molecule has 2 aromatic heterocycles. The van der Waals surface area contributed by atoms with Crippen LogP contribution in [0, 0.1) is 5.92 Å². The molecule has 4 rings (SSSR count). The molecule has 1 aliphatic carbocycles. The van der Waals surface area contributed by atoms with Crippen LogP contribution in [0.5, 0.6) is 0 Å². The minimum Gasteiger partial charge on any atom is -0.480 e. The van der Waals surface area contributed by atoms with Crippen LogP contribution in [0.1, 0.15) is 44.4 Å². The van der Waals surface area contributed by atoms with Crippen LogP contribution in [0.2, 0.25) is 0 Å². The number of aliphatic carboxylic acids is 1. The molecule has 1 aliphatic heterocycles. The average molecular weight is 359 g/mol. The predicted molar refractivity (Wildman–Crippen MR) is 89.0 cm³/mol. The molecule has 138 valence electrons. The summed E-state index contributed by atoms with van der Waals surface area (Å²) in [5.41, 5.74) is 0.710. The van der Waals surface area contributed by atoms with Gasteiger partial charge in [-0.15, -0.1) is 0 Å². The van der Waals surface area contributed by atoms with Crippen molar-refractivity contribution in [2.45, 2.75) is 57.0 Å². The third kappa shape index (κ3) is 3.11. The quantitative estimate of drug-likeness (QED) is 0.873. The van der Waals surface area contributed by atoms with E-state index in [9.17, 15) is 14.7 Å².